The minimum absolute atomic E-state index is 0. The molecule has 3 fully saturated rings. The molecule has 3 saturated carbocycles. The van der Waals surface area contributed by atoms with Crippen LogP contribution in [0.5, 0.6) is 0 Å². The van der Waals surface area contributed by atoms with E-state index in [1.54, 1.807) is 0 Å². The SMILES string of the molecule is Cl.Cl.NNC12CC(c3ccccc3)(C1)C2. The van der Waals surface area contributed by atoms with Crippen molar-refractivity contribution in [2.75, 3.05) is 0 Å². The molecular weight excluding hydrogens is 231 g/mol. The maximum atomic E-state index is 5.49. The van der Waals surface area contributed by atoms with Gasteiger partial charge in [0.05, 0.1) is 0 Å². The van der Waals surface area contributed by atoms with Gasteiger partial charge in [-0.05, 0) is 24.8 Å². The zero-order chi connectivity index (χ0) is 8.94. The Bertz CT molecular complexity index is 320. The number of hydrogen-bond acceptors (Lipinski definition) is 2. The van der Waals surface area contributed by atoms with Crippen molar-refractivity contribution in [2.45, 2.75) is 30.2 Å². The predicted molar refractivity (Wildman–Crippen MR) is 66.5 cm³/mol. The van der Waals surface area contributed by atoms with Gasteiger partial charge in [0.2, 0.25) is 0 Å². The average molecular weight is 247 g/mol. The van der Waals surface area contributed by atoms with Gasteiger partial charge in [0.1, 0.15) is 0 Å². The Labute approximate surface area is 102 Å². The van der Waals surface area contributed by atoms with E-state index in [1.807, 2.05) is 0 Å². The second-order valence-electron chi connectivity index (χ2n) is 4.60. The van der Waals surface area contributed by atoms with Crippen LogP contribution in [-0.2, 0) is 5.41 Å². The zero-order valence-electron chi connectivity index (χ0n) is 8.40. The lowest BCUT2D eigenvalue weighted by Crippen LogP contribution is -2.77. The summed E-state index contributed by atoms with van der Waals surface area (Å²) in [5, 5.41) is 0. The van der Waals surface area contributed by atoms with Crippen LogP contribution in [0, 0.1) is 0 Å². The van der Waals surface area contributed by atoms with E-state index in [-0.39, 0.29) is 24.8 Å². The van der Waals surface area contributed by atoms with Gasteiger partial charge in [-0.25, -0.2) is 0 Å². The van der Waals surface area contributed by atoms with Crippen LogP contribution < -0.4 is 11.3 Å². The van der Waals surface area contributed by atoms with Gasteiger partial charge in [-0.1, -0.05) is 30.3 Å². The van der Waals surface area contributed by atoms with Crippen molar-refractivity contribution in [2.24, 2.45) is 5.84 Å². The molecule has 15 heavy (non-hydrogen) atoms. The largest absolute Gasteiger partial charge is 0.271 e. The Hall–Kier alpha value is -0.280. The Kier molecular flexibility index (Phi) is 3.36. The van der Waals surface area contributed by atoms with Crippen molar-refractivity contribution in [3.63, 3.8) is 0 Å². The number of hydrogen-bond donors (Lipinski definition) is 2. The minimum atomic E-state index is 0. The third-order valence-electron chi connectivity index (χ3n) is 3.72. The molecule has 3 aliphatic carbocycles. The first-order valence-corrected chi connectivity index (χ1v) is 4.82. The minimum Gasteiger partial charge on any atom is -0.271 e. The summed E-state index contributed by atoms with van der Waals surface area (Å²) in [7, 11) is 0. The highest BCUT2D eigenvalue weighted by molar-refractivity contribution is 5.85. The van der Waals surface area contributed by atoms with E-state index < -0.39 is 0 Å². The zero-order valence-corrected chi connectivity index (χ0v) is 10.0. The van der Waals surface area contributed by atoms with E-state index in [9.17, 15) is 0 Å². The molecule has 4 rings (SSSR count). The van der Waals surface area contributed by atoms with Gasteiger partial charge in [0.15, 0.2) is 0 Å². The monoisotopic (exact) mass is 246 g/mol. The average Bonchev–Trinajstić information content (AvgIpc) is 2.02. The lowest BCUT2D eigenvalue weighted by molar-refractivity contribution is -0.0882. The molecule has 0 aliphatic heterocycles. The number of benzene rings is 1. The van der Waals surface area contributed by atoms with Gasteiger partial charge in [-0.2, -0.15) is 0 Å². The molecule has 0 spiro atoms. The summed E-state index contributed by atoms with van der Waals surface area (Å²) in [5.74, 6) is 5.49. The predicted octanol–water partition coefficient (Wildman–Crippen LogP) is 2.17. The fourth-order valence-corrected chi connectivity index (χ4v) is 3.04. The first kappa shape index (κ1) is 12.8. The van der Waals surface area contributed by atoms with Crippen molar-refractivity contribution in [1.29, 1.82) is 0 Å². The molecule has 1 aromatic carbocycles. The molecule has 4 heteroatoms. The maximum Gasteiger partial charge on any atom is 0.0346 e. The number of nitrogens with two attached hydrogens (primary N) is 1. The third-order valence-corrected chi connectivity index (χ3v) is 3.72. The Morgan fingerprint density at radius 2 is 1.53 bits per heavy atom. The Morgan fingerprint density at radius 1 is 1.00 bits per heavy atom. The fraction of sp³-hybridized carbons (Fsp3) is 0.455. The molecule has 0 unspecified atom stereocenters. The number of hydrazine groups is 1. The van der Waals surface area contributed by atoms with Crippen LogP contribution >= 0.6 is 24.8 Å². The first-order valence-electron chi connectivity index (χ1n) is 4.82. The van der Waals surface area contributed by atoms with E-state index in [0.717, 1.165) is 0 Å². The lowest BCUT2D eigenvalue weighted by atomic mass is 9.38. The second-order valence-corrected chi connectivity index (χ2v) is 4.60. The molecule has 0 atom stereocenters. The first-order chi connectivity index (χ1) is 6.29. The summed E-state index contributed by atoms with van der Waals surface area (Å²) in [6.07, 6.45) is 3.67. The molecule has 0 radical (unpaired) electrons. The van der Waals surface area contributed by atoms with E-state index in [0.29, 0.717) is 11.0 Å². The van der Waals surface area contributed by atoms with Crippen molar-refractivity contribution in [1.82, 2.24) is 5.43 Å². The van der Waals surface area contributed by atoms with Gasteiger partial charge in [-0.3, -0.25) is 11.3 Å². The summed E-state index contributed by atoms with van der Waals surface area (Å²) >= 11 is 0. The molecule has 0 aromatic heterocycles. The quantitative estimate of drug-likeness (QED) is 0.621. The standard InChI is InChI=1S/C11H14N2.2ClH/c12-13-11-6-10(7-11,8-11)9-4-2-1-3-5-9;;/h1-5,13H,6-8,12H2;2*1H. The van der Waals surface area contributed by atoms with E-state index in [2.05, 4.69) is 35.8 Å². The van der Waals surface area contributed by atoms with Crippen molar-refractivity contribution in [3.05, 3.63) is 35.9 Å². The van der Waals surface area contributed by atoms with Crippen LogP contribution in [0.25, 0.3) is 0 Å². The molecular formula is C11H16Cl2N2. The van der Waals surface area contributed by atoms with Crippen LogP contribution in [0.2, 0.25) is 0 Å². The van der Waals surface area contributed by atoms with Crippen molar-refractivity contribution in [3.8, 4) is 0 Å². The van der Waals surface area contributed by atoms with Crippen LogP contribution in [0.4, 0.5) is 0 Å². The summed E-state index contributed by atoms with van der Waals surface area (Å²) < 4.78 is 0. The third kappa shape index (κ3) is 1.56. The highest BCUT2D eigenvalue weighted by Gasteiger charge is 2.67. The van der Waals surface area contributed by atoms with E-state index >= 15 is 0 Å². The highest BCUT2D eigenvalue weighted by Crippen LogP contribution is 2.67. The summed E-state index contributed by atoms with van der Waals surface area (Å²) in [5.41, 5.74) is 5.21. The normalized spacial score (nSPS) is 35.3. The van der Waals surface area contributed by atoms with Gasteiger partial charge >= 0.3 is 0 Å². The van der Waals surface area contributed by atoms with E-state index in [4.69, 9.17) is 5.84 Å². The lowest BCUT2D eigenvalue weighted by Gasteiger charge is -2.70. The van der Waals surface area contributed by atoms with Crippen LogP contribution in [0.3, 0.4) is 0 Å². The highest BCUT2D eigenvalue weighted by atomic mass is 35.5. The van der Waals surface area contributed by atoms with Gasteiger partial charge < -0.3 is 0 Å². The molecule has 0 amide bonds. The smallest absolute Gasteiger partial charge is 0.0346 e. The summed E-state index contributed by atoms with van der Waals surface area (Å²) in [6.45, 7) is 0. The number of rotatable bonds is 2. The fourth-order valence-electron chi connectivity index (χ4n) is 3.04. The second kappa shape index (κ2) is 3.95. The van der Waals surface area contributed by atoms with Crippen molar-refractivity contribution < 1.29 is 0 Å². The maximum absolute atomic E-state index is 5.49. The topological polar surface area (TPSA) is 38.0 Å². The number of halogens is 2. The molecule has 1 aromatic rings. The van der Waals surface area contributed by atoms with Gasteiger partial charge in [0.25, 0.3) is 0 Å². The molecule has 84 valence electrons. The number of nitrogens with one attached hydrogen (secondary N) is 1. The summed E-state index contributed by atoms with van der Waals surface area (Å²) in [6, 6.07) is 10.8. The summed E-state index contributed by atoms with van der Waals surface area (Å²) in [4.78, 5) is 0. The van der Waals surface area contributed by atoms with Crippen LogP contribution in [-0.4, -0.2) is 5.54 Å². The Morgan fingerprint density at radius 3 is 2.00 bits per heavy atom. The van der Waals surface area contributed by atoms with Gasteiger partial charge in [0, 0.05) is 11.0 Å². The molecule has 3 aliphatic rings. The molecule has 0 saturated heterocycles. The van der Waals surface area contributed by atoms with E-state index in [1.165, 1.54) is 24.8 Å². The molecule has 0 heterocycles. The Balaban J connectivity index is 0.000000562. The van der Waals surface area contributed by atoms with Crippen LogP contribution in [0.1, 0.15) is 24.8 Å². The van der Waals surface area contributed by atoms with Crippen molar-refractivity contribution >= 4 is 24.8 Å². The molecule has 3 N–H and O–H groups in total. The van der Waals surface area contributed by atoms with Crippen LogP contribution in [0.15, 0.2) is 30.3 Å². The molecule has 2 nitrogen and oxygen atoms in total. The molecule has 2 bridgehead atoms. The van der Waals surface area contributed by atoms with Gasteiger partial charge in [-0.15, -0.1) is 24.8 Å².